The van der Waals surface area contributed by atoms with Gasteiger partial charge in [-0.3, -0.25) is 14.2 Å². The third-order valence-corrected chi connectivity index (χ3v) is 6.62. The molecule has 0 bridgehead atoms. The first-order chi connectivity index (χ1) is 15.5. The lowest BCUT2D eigenvalue weighted by atomic mass is 10.2. The van der Waals surface area contributed by atoms with Gasteiger partial charge in [-0.15, -0.1) is 0 Å². The second-order valence-electron chi connectivity index (χ2n) is 7.41. The van der Waals surface area contributed by atoms with Crippen molar-refractivity contribution in [2.24, 2.45) is 0 Å². The van der Waals surface area contributed by atoms with Crippen molar-refractivity contribution in [3.8, 4) is 5.69 Å². The number of halogens is 2. The number of nitrogens with zero attached hydrogens (tertiary/aromatic N) is 4. The summed E-state index contributed by atoms with van der Waals surface area (Å²) >= 11 is 7.41. The molecule has 3 heterocycles. The van der Waals surface area contributed by atoms with Crippen LogP contribution >= 0.6 is 23.4 Å². The SMILES string of the molecule is O=C(CC1CSc2nc3c(cnn3-c3ccc(Cl)cc3)c(=O)n21)NCc1ccc(F)cc1. The maximum absolute atomic E-state index is 13.2. The molecule has 162 valence electrons. The van der Waals surface area contributed by atoms with Crippen LogP contribution in [-0.2, 0) is 11.3 Å². The molecule has 0 saturated heterocycles. The maximum atomic E-state index is 13.2. The fraction of sp³-hybridized carbons (Fsp3) is 0.182. The number of carbonyl (C=O) groups excluding carboxylic acids is 1. The monoisotopic (exact) mass is 469 g/mol. The van der Waals surface area contributed by atoms with E-state index in [0.717, 1.165) is 11.3 Å². The van der Waals surface area contributed by atoms with Crippen molar-refractivity contribution in [3.05, 3.63) is 81.5 Å². The predicted octanol–water partition coefficient (Wildman–Crippen LogP) is 3.73. The highest BCUT2D eigenvalue weighted by Crippen LogP contribution is 2.33. The van der Waals surface area contributed by atoms with Crippen LogP contribution in [0.15, 0.2) is 64.7 Å². The van der Waals surface area contributed by atoms with Gasteiger partial charge in [0.2, 0.25) is 5.91 Å². The molecule has 1 amide bonds. The largest absolute Gasteiger partial charge is 0.352 e. The van der Waals surface area contributed by atoms with Crippen molar-refractivity contribution < 1.29 is 9.18 Å². The minimum Gasteiger partial charge on any atom is -0.352 e. The van der Waals surface area contributed by atoms with E-state index in [2.05, 4.69) is 15.4 Å². The number of rotatable bonds is 5. The van der Waals surface area contributed by atoms with Gasteiger partial charge in [0, 0.05) is 23.7 Å². The molecule has 0 fully saturated rings. The fourth-order valence-corrected chi connectivity index (χ4v) is 4.90. The van der Waals surface area contributed by atoms with E-state index in [4.69, 9.17) is 11.6 Å². The topological polar surface area (TPSA) is 81.8 Å². The standard InChI is InChI=1S/C22H17ClFN5O2S/c23-14-3-7-16(8-4-14)29-20-18(11-26-29)21(31)28-17(12-32-22(28)27-20)9-19(30)25-10-13-1-5-15(24)6-2-13/h1-8,11,17H,9-10,12H2,(H,25,30). The normalized spacial score (nSPS) is 15.1. The van der Waals surface area contributed by atoms with Gasteiger partial charge in [0.1, 0.15) is 11.2 Å². The molecule has 1 atom stereocenters. The molecule has 0 saturated carbocycles. The zero-order valence-corrected chi connectivity index (χ0v) is 18.2. The van der Waals surface area contributed by atoms with Gasteiger partial charge in [-0.1, -0.05) is 35.5 Å². The number of benzene rings is 2. The molecular weight excluding hydrogens is 453 g/mol. The van der Waals surface area contributed by atoms with E-state index >= 15 is 0 Å². The Hall–Kier alpha value is -3.17. The van der Waals surface area contributed by atoms with Crippen LogP contribution in [-0.4, -0.2) is 31.0 Å². The van der Waals surface area contributed by atoms with Gasteiger partial charge in [-0.25, -0.2) is 14.1 Å². The highest BCUT2D eigenvalue weighted by molar-refractivity contribution is 7.99. The van der Waals surface area contributed by atoms with Crippen LogP contribution in [0.2, 0.25) is 5.02 Å². The van der Waals surface area contributed by atoms with E-state index in [0.29, 0.717) is 33.5 Å². The highest BCUT2D eigenvalue weighted by atomic mass is 35.5. The number of fused-ring (bicyclic) bond motifs is 2. The summed E-state index contributed by atoms with van der Waals surface area (Å²) in [6.07, 6.45) is 1.65. The Balaban J connectivity index is 1.37. The van der Waals surface area contributed by atoms with Crippen molar-refractivity contribution in [2.45, 2.75) is 24.2 Å². The molecular formula is C22H17ClFN5O2S. The van der Waals surface area contributed by atoms with Crippen LogP contribution in [0.4, 0.5) is 4.39 Å². The van der Waals surface area contributed by atoms with Gasteiger partial charge in [-0.2, -0.15) is 5.10 Å². The summed E-state index contributed by atoms with van der Waals surface area (Å²) in [5, 5.41) is 8.73. The Morgan fingerprint density at radius 2 is 1.94 bits per heavy atom. The Kier molecular flexibility index (Phi) is 5.44. The van der Waals surface area contributed by atoms with Crippen molar-refractivity contribution in [2.75, 3.05) is 5.75 Å². The van der Waals surface area contributed by atoms with Crippen LogP contribution in [0.1, 0.15) is 18.0 Å². The van der Waals surface area contributed by atoms with Crippen molar-refractivity contribution in [1.29, 1.82) is 0 Å². The number of thioether (sulfide) groups is 1. The van der Waals surface area contributed by atoms with Crippen LogP contribution in [0.25, 0.3) is 16.7 Å². The van der Waals surface area contributed by atoms with Gasteiger partial charge < -0.3 is 5.32 Å². The van der Waals surface area contributed by atoms with Gasteiger partial charge in [-0.05, 0) is 42.0 Å². The summed E-state index contributed by atoms with van der Waals surface area (Å²) in [4.78, 5) is 30.3. The number of hydrogen-bond acceptors (Lipinski definition) is 5. The quantitative estimate of drug-likeness (QED) is 0.450. The number of hydrogen-bond donors (Lipinski definition) is 1. The molecule has 2 aromatic heterocycles. The zero-order chi connectivity index (χ0) is 22.2. The van der Waals surface area contributed by atoms with Gasteiger partial charge >= 0.3 is 0 Å². The lowest BCUT2D eigenvalue weighted by molar-refractivity contribution is -0.121. The highest BCUT2D eigenvalue weighted by Gasteiger charge is 2.29. The molecule has 1 unspecified atom stereocenters. The lowest BCUT2D eigenvalue weighted by Crippen LogP contribution is -2.30. The second kappa shape index (κ2) is 8.40. The summed E-state index contributed by atoms with van der Waals surface area (Å²) in [6.45, 7) is 0.297. The van der Waals surface area contributed by atoms with Crippen molar-refractivity contribution in [3.63, 3.8) is 0 Å². The van der Waals surface area contributed by atoms with E-state index in [-0.39, 0.29) is 29.7 Å². The summed E-state index contributed by atoms with van der Waals surface area (Å²) in [5.41, 5.74) is 1.81. The summed E-state index contributed by atoms with van der Waals surface area (Å²) in [7, 11) is 0. The first-order valence-corrected chi connectivity index (χ1v) is 11.3. The molecule has 0 spiro atoms. The molecule has 1 aliphatic rings. The zero-order valence-electron chi connectivity index (χ0n) is 16.7. The Labute approximate surface area is 191 Å². The van der Waals surface area contributed by atoms with E-state index in [1.54, 1.807) is 33.5 Å². The number of nitrogens with one attached hydrogen (secondary N) is 1. The molecule has 0 radical (unpaired) electrons. The number of amides is 1. The maximum Gasteiger partial charge on any atom is 0.265 e. The molecule has 10 heteroatoms. The molecule has 4 aromatic rings. The van der Waals surface area contributed by atoms with Crippen molar-refractivity contribution >= 4 is 40.3 Å². The summed E-state index contributed by atoms with van der Waals surface area (Å²) in [6, 6.07) is 12.8. The first-order valence-electron chi connectivity index (χ1n) is 9.90. The Morgan fingerprint density at radius 3 is 2.69 bits per heavy atom. The molecule has 0 aliphatic carbocycles. The minimum absolute atomic E-state index is 0.152. The predicted molar refractivity (Wildman–Crippen MR) is 121 cm³/mol. The van der Waals surface area contributed by atoms with Gasteiger partial charge in [0.05, 0.1) is 17.9 Å². The van der Waals surface area contributed by atoms with Crippen LogP contribution in [0, 0.1) is 5.82 Å². The van der Waals surface area contributed by atoms with E-state index < -0.39 is 0 Å². The average molecular weight is 470 g/mol. The molecule has 5 rings (SSSR count). The first kappa shape index (κ1) is 20.7. The van der Waals surface area contributed by atoms with Crippen molar-refractivity contribution in [1.82, 2.24) is 24.6 Å². The molecule has 32 heavy (non-hydrogen) atoms. The lowest BCUT2D eigenvalue weighted by Gasteiger charge is -2.13. The molecule has 7 nitrogen and oxygen atoms in total. The third-order valence-electron chi connectivity index (χ3n) is 5.27. The molecule has 1 N–H and O–H groups in total. The average Bonchev–Trinajstić information content (AvgIpc) is 3.39. The number of carbonyl (C=O) groups is 1. The minimum atomic E-state index is -0.322. The van der Waals surface area contributed by atoms with E-state index in [1.807, 2.05) is 12.1 Å². The summed E-state index contributed by atoms with van der Waals surface area (Å²) in [5.74, 6) is 0.0709. The van der Waals surface area contributed by atoms with Crippen LogP contribution in [0.3, 0.4) is 0 Å². The smallest absolute Gasteiger partial charge is 0.265 e. The van der Waals surface area contributed by atoms with Crippen LogP contribution < -0.4 is 10.9 Å². The fourth-order valence-electron chi connectivity index (χ4n) is 3.64. The summed E-state index contributed by atoms with van der Waals surface area (Å²) < 4.78 is 16.2. The van der Waals surface area contributed by atoms with Crippen LogP contribution in [0.5, 0.6) is 0 Å². The third kappa shape index (κ3) is 3.89. The van der Waals surface area contributed by atoms with Gasteiger partial charge in [0.25, 0.3) is 5.56 Å². The van der Waals surface area contributed by atoms with E-state index in [9.17, 15) is 14.0 Å². The van der Waals surface area contributed by atoms with E-state index in [1.165, 1.54) is 30.1 Å². The Bertz CT molecular complexity index is 1370. The Morgan fingerprint density at radius 1 is 1.19 bits per heavy atom. The molecule has 2 aromatic carbocycles. The second-order valence-corrected chi connectivity index (χ2v) is 8.84. The van der Waals surface area contributed by atoms with Gasteiger partial charge in [0.15, 0.2) is 10.8 Å². The molecule has 1 aliphatic heterocycles. The number of aromatic nitrogens is 4.